The molecule has 1 rings (SSSR count). The maximum absolute atomic E-state index is 11.8. The highest BCUT2D eigenvalue weighted by Crippen LogP contribution is 2.11. The number of nitrogens with one attached hydrogen (secondary N) is 2. The topological polar surface area (TPSA) is 84.2 Å². The molecule has 1 unspecified atom stereocenters. The Labute approximate surface area is 121 Å². The van der Waals surface area contributed by atoms with E-state index in [9.17, 15) is 9.59 Å². The first kappa shape index (κ1) is 15.7. The van der Waals surface area contributed by atoms with E-state index in [1.807, 2.05) is 6.07 Å². The summed E-state index contributed by atoms with van der Waals surface area (Å²) in [4.78, 5) is 23.2. The van der Waals surface area contributed by atoms with Crippen molar-refractivity contribution in [1.29, 1.82) is 0 Å². The Balaban J connectivity index is 2.30. The van der Waals surface area contributed by atoms with Gasteiger partial charge in [0.15, 0.2) is 0 Å². The summed E-state index contributed by atoms with van der Waals surface area (Å²) in [5.74, 6) is -0.470. The van der Waals surface area contributed by atoms with Crippen molar-refractivity contribution in [2.24, 2.45) is 11.7 Å². The van der Waals surface area contributed by atoms with Gasteiger partial charge in [-0.2, -0.15) is 0 Å². The third-order valence-corrected chi connectivity index (χ3v) is 3.09. The molecule has 1 aromatic carbocycles. The van der Waals surface area contributed by atoms with E-state index < -0.39 is 0 Å². The zero-order valence-electron chi connectivity index (χ0n) is 10.8. The third-order valence-electron chi connectivity index (χ3n) is 2.60. The molecule has 0 aliphatic heterocycles. The quantitative estimate of drug-likeness (QED) is 0.678. The lowest BCUT2D eigenvalue weighted by Crippen LogP contribution is -2.38. The maximum Gasteiger partial charge on any atom is 0.251 e. The predicted octanol–water partition coefficient (Wildman–Crippen LogP) is 0.890. The van der Waals surface area contributed by atoms with Crippen molar-refractivity contribution in [2.45, 2.75) is 6.92 Å². The Morgan fingerprint density at radius 1 is 1.32 bits per heavy atom. The second kappa shape index (κ2) is 7.91. The van der Waals surface area contributed by atoms with E-state index in [-0.39, 0.29) is 17.7 Å². The number of halogens is 1. The highest BCUT2D eigenvalue weighted by molar-refractivity contribution is 9.10. The van der Waals surface area contributed by atoms with Crippen LogP contribution >= 0.6 is 15.9 Å². The smallest absolute Gasteiger partial charge is 0.251 e. The molecular formula is C13H18BrN3O2. The van der Waals surface area contributed by atoms with Crippen LogP contribution in [0.25, 0.3) is 0 Å². The summed E-state index contributed by atoms with van der Waals surface area (Å²) >= 11 is 3.31. The Kier molecular flexibility index (Phi) is 6.52. The molecule has 4 N–H and O–H groups in total. The van der Waals surface area contributed by atoms with Crippen molar-refractivity contribution in [3.05, 3.63) is 34.3 Å². The van der Waals surface area contributed by atoms with E-state index in [0.29, 0.717) is 25.2 Å². The van der Waals surface area contributed by atoms with Gasteiger partial charge in [-0.1, -0.05) is 28.9 Å². The molecule has 0 radical (unpaired) electrons. The number of rotatable bonds is 6. The molecule has 0 saturated heterocycles. The summed E-state index contributed by atoms with van der Waals surface area (Å²) in [6.45, 7) is 2.85. The molecule has 0 aromatic heterocycles. The van der Waals surface area contributed by atoms with Crippen LogP contribution in [-0.4, -0.2) is 31.4 Å². The van der Waals surface area contributed by atoms with Crippen molar-refractivity contribution in [3.63, 3.8) is 0 Å². The van der Waals surface area contributed by atoms with Gasteiger partial charge >= 0.3 is 0 Å². The van der Waals surface area contributed by atoms with Crippen molar-refractivity contribution >= 4 is 27.7 Å². The van der Waals surface area contributed by atoms with Gasteiger partial charge in [0.1, 0.15) is 0 Å². The van der Waals surface area contributed by atoms with Crippen LogP contribution in [0.3, 0.4) is 0 Å². The Bertz CT molecular complexity index is 451. The minimum Gasteiger partial charge on any atom is -0.354 e. The van der Waals surface area contributed by atoms with Gasteiger partial charge in [0.05, 0.1) is 0 Å². The lowest BCUT2D eigenvalue weighted by molar-refractivity contribution is -0.124. The number of carbonyl (C=O) groups excluding carboxylic acids is 2. The maximum atomic E-state index is 11.8. The first-order chi connectivity index (χ1) is 9.04. The van der Waals surface area contributed by atoms with Crippen molar-refractivity contribution in [3.8, 4) is 0 Å². The Hall–Kier alpha value is -1.40. The minimum absolute atomic E-state index is 0.0980. The van der Waals surface area contributed by atoms with E-state index in [1.165, 1.54) is 0 Å². The molecule has 2 amide bonds. The highest BCUT2D eigenvalue weighted by atomic mass is 79.9. The van der Waals surface area contributed by atoms with Crippen LogP contribution < -0.4 is 16.4 Å². The van der Waals surface area contributed by atoms with Gasteiger partial charge in [0, 0.05) is 35.6 Å². The lowest BCUT2D eigenvalue weighted by atomic mass is 10.2. The normalized spacial score (nSPS) is 11.7. The molecule has 104 valence electrons. The van der Waals surface area contributed by atoms with Gasteiger partial charge in [0.25, 0.3) is 5.91 Å². The molecule has 0 spiro atoms. The average Bonchev–Trinajstić information content (AvgIpc) is 2.42. The fourth-order valence-electron chi connectivity index (χ4n) is 1.37. The molecule has 0 fully saturated rings. The monoisotopic (exact) mass is 327 g/mol. The van der Waals surface area contributed by atoms with E-state index in [2.05, 4.69) is 26.6 Å². The molecule has 5 nitrogen and oxygen atoms in total. The summed E-state index contributed by atoms with van der Waals surface area (Å²) in [6.07, 6.45) is 0. The third kappa shape index (κ3) is 5.40. The summed E-state index contributed by atoms with van der Waals surface area (Å²) in [5.41, 5.74) is 5.96. The van der Waals surface area contributed by atoms with Gasteiger partial charge in [-0.3, -0.25) is 9.59 Å². The molecular weight excluding hydrogens is 310 g/mol. The van der Waals surface area contributed by atoms with E-state index in [0.717, 1.165) is 4.47 Å². The van der Waals surface area contributed by atoms with Gasteiger partial charge in [0.2, 0.25) is 5.91 Å². The van der Waals surface area contributed by atoms with Crippen LogP contribution in [0.15, 0.2) is 28.7 Å². The standard InChI is InChI=1S/C13H18BrN3O2/c1-9(8-15)12(18)16-5-6-17-13(19)10-3-2-4-11(14)7-10/h2-4,7,9H,5-6,8,15H2,1H3,(H,16,18)(H,17,19). The first-order valence-corrected chi connectivity index (χ1v) is 6.85. The van der Waals surface area contributed by atoms with Gasteiger partial charge in [-0.05, 0) is 18.2 Å². The SMILES string of the molecule is CC(CN)C(=O)NCCNC(=O)c1cccc(Br)c1. The second-order valence-corrected chi connectivity index (χ2v) is 5.11. The van der Waals surface area contributed by atoms with E-state index in [4.69, 9.17) is 5.73 Å². The van der Waals surface area contributed by atoms with Crippen LogP contribution in [-0.2, 0) is 4.79 Å². The van der Waals surface area contributed by atoms with E-state index in [1.54, 1.807) is 25.1 Å². The van der Waals surface area contributed by atoms with E-state index >= 15 is 0 Å². The molecule has 6 heteroatoms. The Morgan fingerprint density at radius 3 is 2.63 bits per heavy atom. The van der Waals surface area contributed by atoms with Gasteiger partial charge < -0.3 is 16.4 Å². The average molecular weight is 328 g/mol. The molecule has 0 heterocycles. The summed E-state index contributed by atoms with van der Waals surface area (Å²) < 4.78 is 0.852. The van der Waals surface area contributed by atoms with Gasteiger partial charge in [-0.15, -0.1) is 0 Å². The zero-order valence-corrected chi connectivity index (χ0v) is 12.4. The van der Waals surface area contributed by atoms with Crippen LogP contribution in [0.2, 0.25) is 0 Å². The predicted molar refractivity (Wildman–Crippen MR) is 77.7 cm³/mol. The number of benzene rings is 1. The minimum atomic E-state index is -0.208. The fraction of sp³-hybridized carbons (Fsp3) is 0.385. The fourth-order valence-corrected chi connectivity index (χ4v) is 1.77. The molecule has 0 bridgehead atoms. The first-order valence-electron chi connectivity index (χ1n) is 6.06. The van der Waals surface area contributed by atoms with Crippen molar-refractivity contribution in [1.82, 2.24) is 10.6 Å². The molecule has 1 atom stereocenters. The summed E-state index contributed by atoms with van der Waals surface area (Å²) in [7, 11) is 0. The summed E-state index contributed by atoms with van der Waals surface area (Å²) in [6, 6.07) is 7.12. The number of amides is 2. The number of hydrogen-bond donors (Lipinski definition) is 3. The summed E-state index contributed by atoms with van der Waals surface area (Å²) in [5, 5.41) is 5.44. The second-order valence-electron chi connectivity index (χ2n) is 4.19. The zero-order chi connectivity index (χ0) is 14.3. The molecule has 0 saturated carbocycles. The van der Waals surface area contributed by atoms with Gasteiger partial charge in [-0.25, -0.2) is 0 Å². The molecule has 1 aromatic rings. The molecule has 19 heavy (non-hydrogen) atoms. The van der Waals surface area contributed by atoms with Crippen LogP contribution in [0.5, 0.6) is 0 Å². The van der Waals surface area contributed by atoms with Crippen molar-refractivity contribution < 1.29 is 9.59 Å². The number of hydrogen-bond acceptors (Lipinski definition) is 3. The largest absolute Gasteiger partial charge is 0.354 e. The number of nitrogens with two attached hydrogens (primary N) is 1. The van der Waals surface area contributed by atoms with Crippen LogP contribution in [0.1, 0.15) is 17.3 Å². The van der Waals surface area contributed by atoms with Crippen LogP contribution in [0, 0.1) is 5.92 Å². The van der Waals surface area contributed by atoms with Crippen molar-refractivity contribution in [2.75, 3.05) is 19.6 Å². The lowest BCUT2D eigenvalue weighted by Gasteiger charge is -2.10. The van der Waals surface area contributed by atoms with Crippen LogP contribution in [0.4, 0.5) is 0 Å². The highest BCUT2D eigenvalue weighted by Gasteiger charge is 2.10. The number of carbonyl (C=O) groups is 2. The molecule has 0 aliphatic rings. The molecule has 0 aliphatic carbocycles. The Morgan fingerprint density at radius 2 is 2.00 bits per heavy atom.